The zero-order valence-corrected chi connectivity index (χ0v) is 18.8. The molecule has 29 heavy (non-hydrogen) atoms. The van der Waals surface area contributed by atoms with E-state index in [4.69, 9.17) is 14.2 Å². The molecule has 3 atom stereocenters. The van der Waals surface area contributed by atoms with E-state index in [1.165, 1.54) is 0 Å². The molecule has 2 heterocycles. The van der Waals surface area contributed by atoms with Crippen molar-refractivity contribution >= 4 is 5.97 Å². The average Bonchev–Trinajstić information content (AvgIpc) is 2.73. The summed E-state index contributed by atoms with van der Waals surface area (Å²) in [5, 5.41) is 3.88. The third-order valence-electron chi connectivity index (χ3n) is 7.25. The van der Waals surface area contributed by atoms with Crippen LogP contribution < -0.4 is 5.32 Å². The highest BCUT2D eigenvalue weighted by Gasteiger charge is 2.59. The lowest BCUT2D eigenvalue weighted by molar-refractivity contribution is -0.352. The van der Waals surface area contributed by atoms with E-state index in [1.807, 2.05) is 18.2 Å². The molecule has 5 heteroatoms. The Morgan fingerprint density at radius 1 is 1.10 bits per heavy atom. The molecule has 1 aromatic rings. The second kappa shape index (κ2) is 8.01. The van der Waals surface area contributed by atoms with E-state index in [0.717, 1.165) is 19.3 Å². The van der Waals surface area contributed by atoms with Gasteiger partial charge in [-0.05, 0) is 38.8 Å². The van der Waals surface area contributed by atoms with Gasteiger partial charge in [-0.25, -0.2) is 4.79 Å². The van der Waals surface area contributed by atoms with E-state index < -0.39 is 5.79 Å². The Morgan fingerprint density at radius 3 is 2.28 bits per heavy atom. The Balaban J connectivity index is 1.68. The number of carbonyl (C=O) groups excluding carboxylic acids is 1. The van der Waals surface area contributed by atoms with Crippen molar-refractivity contribution in [1.29, 1.82) is 0 Å². The summed E-state index contributed by atoms with van der Waals surface area (Å²) >= 11 is 0. The van der Waals surface area contributed by atoms with Crippen LogP contribution in [0.15, 0.2) is 30.3 Å². The first-order valence-corrected chi connectivity index (χ1v) is 10.9. The Bertz CT molecular complexity index is 713. The maximum atomic E-state index is 12.3. The molecule has 3 unspecified atom stereocenters. The molecule has 0 aromatic heterocycles. The minimum atomic E-state index is -0.607. The lowest BCUT2D eigenvalue weighted by atomic mass is 9.67. The Hall–Kier alpha value is -1.43. The molecule has 0 bridgehead atoms. The summed E-state index contributed by atoms with van der Waals surface area (Å²) in [5.41, 5.74) is 0.113. The topological polar surface area (TPSA) is 56.8 Å². The summed E-state index contributed by atoms with van der Waals surface area (Å²) < 4.78 is 18.6. The maximum Gasteiger partial charge on any atom is 0.338 e. The van der Waals surface area contributed by atoms with Crippen LogP contribution in [0.5, 0.6) is 0 Å². The SMILES string of the molecule is CCC1(C)CC2(OCC(C)(COC(=O)c3ccccc3)CO2)C(C)C(C)(CC)N1. The van der Waals surface area contributed by atoms with Gasteiger partial charge in [-0.3, -0.25) is 0 Å². The lowest BCUT2D eigenvalue weighted by Crippen LogP contribution is -2.73. The average molecular weight is 404 g/mol. The maximum absolute atomic E-state index is 12.3. The largest absolute Gasteiger partial charge is 0.461 e. The Morgan fingerprint density at radius 2 is 1.72 bits per heavy atom. The fraction of sp³-hybridized carbons (Fsp3) is 0.708. The van der Waals surface area contributed by atoms with Crippen molar-refractivity contribution < 1.29 is 19.0 Å². The minimum Gasteiger partial charge on any atom is -0.461 e. The van der Waals surface area contributed by atoms with E-state index >= 15 is 0 Å². The van der Waals surface area contributed by atoms with Gasteiger partial charge < -0.3 is 19.5 Å². The van der Waals surface area contributed by atoms with Crippen LogP contribution in [-0.2, 0) is 14.2 Å². The Kier molecular flexibility index (Phi) is 6.15. The predicted octanol–water partition coefficient (Wildman–Crippen LogP) is 4.56. The lowest BCUT2D eigenvalue weighted by Gasteiger charge is -2.60. The van der Waals surface area contributed by atoms with Gasteiger partial charge in [-0.1, -0.05) is 45.9 Å². The van der Waals surface area contributed by atoms with Gasteiger partial charge >= 0.3 is 5.97 Å². The molecular weight excluding hydrogens is 366 g/mol. The number of ether oxygens (including phenoxy) is 3. The van der Waals surface area contributed by atoms with Gasteiger partial charge in [0.1, 0.15) is 6.61 Å². The van der Waals surface area contributed by atoms with Crippen molar-refractivity contribution in [1.82, 2.24) is 5.32 Å². The monoisotopic (exact) mass is 403 g/mol. The second-order valence-electron chi connectivity index (χ2n) is 9.85. The van der Waals surface area contributed by atoms with Crippen molar-refractivity contribution in [2.24, 2.45) is 11.3 Å². The van der Waals surface area contributed by atoms with Gasteiger partial charge in [0, 0.05) is 28.8 Å². The third kappa shape index (κ3) is 4.37. The van der Waals surface area contributed by atoms with E-state index in [-0.39, 0.29) is 35.0 Å². The van der Waals surface area contributed by atoms with Gasteiger partial charge in [0.05, 0.1) is 18.8 Å². The summed E-state index contributed by atoms with van der Waals surface area (Å²) in [7, 11) is 0. The molecule has 0 radical (unpaired) electrons. The first-order chi connectivity index (χ1) is 13.6. The molecule has 1 aromatic carbocycles. The first-order valence-electron chi connectivity index (χ1n) is 10.9. The highest BCUT2D eigenvalue weighted by molar-refractivity contribution is 5.89. The van der Waals surface area contributed by atoms with Gasteiger partial charge in [0.15, 0.2) is 5.79 Å². The molecule has 162 valence electrons. The van der Waals surface area contributed by atoms with Gasteiger partial charge in [-0.15, -0.1) is 0 Å². The van der Waals surface area contributed by atoms with Crippen molar-refractivity contribution in [3.8, 4) is 0 Å². The number of rotatable bonds is 5. The molecule has 5 nitrogen and oxygen atoms in total. The molecule has 1 spiro atoms. The normalized spacial score (nSPS) is 40.0. The highest BCUT2D eigenvalue weighted by Crippen LogP contribution is 2.49. The fourth-order valence-electron chi connectivity index (χ4n) is 4.64. The number of nitrogens with one attached hydrogen (secondary N) is 1. The van der Waals surface area contributed by atoms with Crippen molar-refractivity contribution in [3.05, 3.63) is 35.9 Å². The van der Waals surface area contributed by atoms with Crippen LogP contribution >= 0.6 is 0 Å². The minimum absolute atomic E-state index is 0.0369. The molecule has 0 amide bonds. The molecule has 2 aliphatic heterocycles. The zero-order chi connectivity index (χ0) is 21.3. The van der Waals surface area contributed by atoms with Gasteiger partial charge in [0.25, 0.3) is 0 Å². The summed E-state index contributed by atoms with van der Waals surface area (Å²) in [4.78, 5) is 12.3. The van der Waals surface area contributed by atoms with Crippen LogP contribution in [0.2, 0.25) is 0 Å². The quantitative estimate of drug-likeness (QED) is 0.731. The van der Waals surface area contributed by atoms with Crippen LogP contribution in [0.1, 0.15) is 71.2 Å². The van der Waals surface area contributed by atoms with Crippen molar-refractivity contribution in [2.75, 3.05) is 19.8 Å². The van der Waals surface area contributed by atoms with Gasteiger partial charge in [0.2, 0.25) is 0 Å². The number of benzene rings is 1. The first kappa shape index (κ1) is 22.3. The zero-order valence-electron chi connectivity index (χ0n) is 18.8. The molecule has 0 aliphatic carbocycles. The number of piperidine rings is 1. The number of carbonyl (C=O) groups is 1. The smallest absolute Gasteiger partial charge is 0.338 e. The standard InChI is InChI=1S/C24H37NO4/c1-7-22(5)14-24(18(3)23(6,8-2)25-22)28-16-21(4,17-29-24)15-27-20(26)19-12-10-9-11-13-19/h9-13,18,25H,7-8,14-17H2,1-6H3. The van der Waals surface area contributed by atoms with Crippen molar-refractivity contribution in [3.63, 3.8) is 0 Å². The van der Waals surface area contributed by atoms with E-state index in [9.17, 15) is 4.79 Å². The molecule has 0 saturated carbocycles. The number of hydrogen-bond donors (Lipinski definition) is 1. The molecule has 2 saturated heterocycles. The molecule has 2 aliphatic rings. The number of esters is 1. The van der Waals surface area contributed by atoms with Crippen molar-refractivity contribution in [2.45, 2.75) is 77.7 Å². The molecule has 1 N–H and O–H groups in total. The highest BCUT2D eigenvalue weighted by atomic mass is 16.7. The molecule has 2 fully saturated rings. The van der Waals surface area contributed by atoms with Crippen LogP contribution in [0, 0.1) is 11.3 Å². The second-order valence-corrected chi connectivity index (χ2v) is 9.85. The third-order valence-corrected chi connectivity index (χ3v) is 7.25. The summed E-state index contributed by atoms with van der Waals surface area (Å²) in [6.07, 6.45) is 2.83. The Labute approximate surface area is 175 Å². The van der Waals surface area contributed by atoms with E-state index in [2.05, 4.69) is 46.9 Å². The van der Waals surface area contributed by atoms with Gasteiger partial charge in [-0.2, -0.15) is 0 Å². The predicted molar refractivity (Wildman–Crippen MR) is 114 cm³/mol. The summed E-state index contributed by atoms with van der Waals surface area (Å²) in [6, 6.07) is 9.09. The van der Waals surface area contributed by atoms with E-state index in [1.54, 1.807) is 12.1 Å². The number of hydrogen-bond acceptors (Lipinski definition) is 5. The van der Waals surface area contributed by atoms with E-state index in [0.29, 0.717) is 18.8 Å². The van der Waals surface area contributed by atoms with Crippen LogP contribution in [0.3, 0.4) is 0 Å². The summed E-state index contributed by atoms with van der Waals surface area (Å²) in [5.74, 6) is -0.709. The molecular formula is C24H37NO4. The van der Waals surface area contributed by atoms with Crippen LogP contribution in [0.25, 0.3) is 0 Å². The van der Waals surface area contributed by atoms with Crippen LogP contribution in [-0.4, -0.2) is 42.7 Å². The van der Waals surface area contributed by atoms with Crippen LogP contribution in [0.4, 0.5) is 0 Å². The summed E-state index contributed by atoms with van der Waals surface area (Å²) in [6.45, 7) is 14.5. The fourth-order valence-corrected chi connectivity index (χ4v) is 4.64. The molecule has 3 rings (SSSR count).